The molecule has 0 aliphatic rings. The van der Waals surface area contributed by atoms with E-state index in [-0.39, 0.29) is 5.57 Å². The lowest BCUT2D eigenvalue weighted by atomic mass is 10.0. The summed E-state index contributed by atoms with van der Waals surface area (Å²) in [5.74, 6) is 0. The third kappa shape index (κ3) is 2.64. The summed E-state index contributed by atoms with van der Waals surface area (Å²) in [5.41, 5.74) is 3.23. The number of hydrogen-bond acceptors (Lipinski definition) is 2. The van der Waals surface area contributed by atoms with Gasteiger partial charge in [-0.05, 0) is 22.8 Å². The molecule has 0 unspecified atom stereocenters. The molecule has 0 atom stereocenters. The fraction of sp³-hybridized carbons (Fsp3) is 0. The summed E-state index contributed by atoms with van der Waals surface area (Å²) in [6.07, 6.45) is 1.58. The van der Waals surface area contributed by atoms with Crippen LogP contribution < -0.4 is 0 Å². The highest BCUT2D eigenvalue weighted by Gasteiger charge is 1.97. The predicted octanol–water partition coefficient (Wildman–Crippen LogP) is 3.78. The van der Waals surface area contributed by atoms with Crippen molar-refractivity contribution < 1.29 is 0 Å². The molecule has 0 fully saturated rings. The van der Waals surface area contributed by atoms with E-state index in [0.29, 0.717) is 0 Å². The minimum Gasteiger partial charge on any atom is -0.192 e. The highest BCUT2D eigenvalue weighted by atomic mass is 14.3. The monoisotopic (exact) mass is 230 g/mol. The fourth-order valence-electron chi connectivity index (χ4n) is 1.66. The molecule has 0 radical (unpaired) electrons. The SMILES string of the molecule is N#CC(C#N)=Cc1ccc(-c2ccccc2)cc1. The molecule has 2 aromatic carbocycles. The van der Waals surface area contributed by atoms with E-state index in [1.54, 1.807) is 6.08 Å². The van der Waals surface area contributed by atoms with Crippen molar-refractivity contribution in [3.05, 3.63) is 65.7 Å². The fourth-order valence-corrected chi connectivity index (χ4v) is 1.66. The largest absolute Gasteiger partial charge is 0.192 e. The average Bonchev–Trinajstić information content (AvgIpc) is 2.46. The van der Waals surface area contributed by atoms with Crippen molar-refractivity contribution in [2.24, 2.45) is 0 Å². The Kier molecular flexibility index (Phi) is 3.54. The highest BCUT2D eigenvalue weighted by molar-refractivity contribution is 5.68. The topological polar surface area (TPSA) is 47.6 Å². The Morgan fingerprint density at radius 3 is 1.89 bits per heavy atom. The standard InChI is InChI=1S/C16H10N2/c17-11-14(12-18)10-13-6-8-16(9-7-13)15-4-2-1-3-5-15/h1-10H. The van der Waals surface area contributed by atoms with E-state index in [1.165, 1.54) is 0 Å². The minimum atomic E-state index is 0.113. The second-order valence-electron chi connectivity index (χ2n) is 3.77. The van der Waals surface area contributed by atoms with Crippen LogP contribution in [0.3, 0.4) is 0 Å². The molecule has 2 rings (SSSR count). The van der Waals surface area contributed by atoms with Crippen LogP contribution in [0.4, 0.5) is 0 Å². The van der Waals surface area contributed by atoms with E-state index in [4.69, 9.17) is 10.5 Å². The molecule has 2 heteroatoms. The lowest BCUT2D eigenvalue weighted by Gasteiger charge is -2.01. The minimum absolute atomic E-state index is 0.113. The Balaban J connectivity index is 2.30. The molecule has 0 heterocycles. The normalized spacial score (nSPS) is 9.00. The molecule has 0 aliphatic carbocycles. The van der Waals surface area contributed by atoms with Crippen LogP contribution in [0.15, 0.2) is 60.2 Å². The first-order chi connectivity index (χ1) is 8.83. The molecule has 2 nitrogen and oxygen atoms in total. The molecule has 0 saturated heterocycles. The Bertz CT molecular complexity index is 622. The number of hydrogen-bond donors (Lipinski definition) is 0. The molecule has 0 aromatic heterocycles. The van der Waals surface area contributed by atoms with Gasteiger partial charge < -0.3 is 0 Å². The number of allylic oxidation sites excluding steroid dienone is 1. The summed E-state index contributed by atoms with van der Waals surface area (Å²) in [6.45, 7) is 0. The van der Waals surface area contributed by atoms with E-state index in [9.17, 15) is 0 Å². The van der Waals surface area contributed by atoms with Gasteiger partial charge in [0.15, 0.2) is 0 Å². The Morgan fingerprint density at radius 2 is 1.33 bits per heavy atom. The van der Waals surface area contributed by atoms with Gasteiger partial charge >= 0.3 is 0 Å². The average molecular weight is 230 g/mol. The number of nitrogens with zero attached hydrogens (tertiary/aromatic N) is 2. The van der Waals surface area contributed by atoms with E-state index in [0.717, 1.165) is 16.7 Å². The van der Waals surface area contributed by atoms with Crippen LogP contribution in [0.2, 0.25) is 0 Å². The quantitative estimate of drug-likeness (QED) is 0.737. The van der Waals surface area contributed by atoms with Crippen LogP contribution in [0, 0.1) is 22.7 Å². The summed E-state index contributed by atoms with van der Waals surface area (Å²) in [7, 11) is 0. The molecule has 0 spiro atoms. The Morgan fingerprint density at radius 1 is 0.778 bits per heavy atom. The zero-order chi connectivity index (χ0) is 12.8. The molecule has 18 heavy (non-hydrogen) atoms. The van der Waals surface area contributed by atoms with Crippen molar-refractivity contribution in [3.63, 3.8) is 0 Å². The van der Waals surface area contributed by atoms with Gasteiger partial charge in [0.2, 0.25) is 0 Å². The van der Waals surface area contributed by atoms with Crippen molar-refractivity contribution in [2.75, 3.05) is 0 Å². The van der Waals surface area contributed by atoms with E-state index < -0.39 is 0 Å². The summed E-state index contributed by atoms with van der Waals surface area (Å²) < 4.78 is 0. The van der Waals surface area contributed by atoms with E-state index >= 15 is 0 Å². The second kappa shape index (κ2) is 5.48. The highest BCUT2D eigenvalue weighted by Crippen LogP contribution is 2.19. The van der Waals surface area contributed by atoms with Gasteiger partial charge in [0, 0.05) is 0 Å². The molecule has 0 N–H and O–H groups in total. The van der Waals surface area contributed by atoms with Crippen LogP contribution in [-0.2, 0) is 0 Å². The molecular weight excluding hydrogens is 220 g/mol. The van der Waals surface area contributed by atoms with Gasteiger partial charge in [-0.25, -0.2) is 0 Å². The number of nitriles is 2. The second-order valence-corrected chi connectivity index (χ2v) is 3.77. The maximum atomic E-state index is 8.68. The molecule has 84 valence electrons. The first-order valence-electron chi connectivity index (χ1n) is 5.51. The van der Waals surface area contributed by atoms with Crippen molar-refractivity contribution >= 4 is 6.08 Å². The van der Waals surface area contributed by atoms with Gasteiger partial charge in [-0.1, -0.05) is 54.6 Å². The van der Waals surface area contributed by atoms with E-state index in [1.807, 2.05) is 66.7 Å². The summed E-state index contributed by atoms with van der Waals surface area (Å²) in [4.78, 5) is 0. The zero-order valence-electron chi connectivity index (χ0n) is 9.67. The first-order valence-corrected chi connectivity index (χ1v) is 5.51. The maximum absolute atomic E-state index is 8.68. The lowest BCUT2D eigenvalue weighted by Crippen LogP contribution is -1.79. The van der Waals surface area contributed by atoms with Crippen LogP contribution in [0.5, 0.6) is 0 Å². The van der Waals surface area contributed by atoms with Crippen LogP contribution in [0.25, 0.3) is 17.2 Å². The third-order valence-corrected chi connectivity index (χ3v) is 2.57. The van der Waals surface area contributed by atoms with E-state index in [2.05, 4.69) is 0 Å². The molecule has 0 saturated carbocycles. The first kappa shape index (κ1) is 11.6. The number of benzene rings is 2. The van der Waals surface area contributed by atoms with Crippen LogP contribution >= 0.6 is 0 Å². The van der Waals surface area contributed by atoms with Gasteiger partial charge in [-0.3, -0.25) is 0 Å². The van der Waals surface area contributed by atoms with Gasteiger partial charge in [-0.2, -0.15) is 10.5 Å². The van der Waals surface area contributed by atoms with Gasteiger partial charge in [0.25, 0.3) is 0 Å². The lowest BCUT2D eigenvalue weighted by molar-refractivity contribution is 1.47. The molecule has 0 amide bonds. The smallest absolute Gasteiger partial charge is 0.130 e. The molecule has 2 aromatic rings. The molecule has 0 bridgehead atoms. The van der Waals surface area contributed by atoms with Gasteiger partial charge in [0.1, 0.15) is 17.7 Å². The Labute approximate surface area is 106 Å². The zero-order valence-corrected chi connectivity index (χ0v) is 9.67. The van der Waals surface area contributed by atoms with Crippen molar-refractivity contribution in [3.8, 4) is 23.3 Å². The van der Waals surface area contributed by atoms with Crippen LogP contribution in [0.1, 0.15) is 5.56 Å². The third-order valence-electron chi connectivity index (χ3n) is 2.57. The van der Waals surface area contributed by atoms with Gasteiger partial charge in [0.05, 0.1) is 0 Å². The molecule has 0 aliphatic heterocycles. The maximum Gasteiger partial charge on any atom is 0.130 e. The van der Waals surface area contributed by atoms with Gasteiger partial charge in [-0.15, -0.1) is 0 Å². The summed E-state index contributed by atoms with van der Waals surface area (Å²) in [5, 5.41) is 17.4. The van der Waals surface area contributed by atoms with Crippen molar-refractivity contribution in [1.82, 2.24) is 0 Å². The van der Waals surface area contributed by atoms with Crippen LogP contribution in [-0.4, -0.2) is 0 Å². The van der Waals surface area contributed by atoms with Crippen molar-refractivity contribution in [1.29, 1.82) is 10.5 Å². The summed E-state index contributed by atoms with van der Waals surface area (Å²) in [6, 6.07) is 21.5. The summed E-state index contributed by atoms with van der Waals surface area (Å²) >= 11 is 0. The Hall–Kier alpha value is -2.84. The van der Waals surface area contributed by atoms with Crippen molar-refractivity contribution in [2.45, 2.75) is 0 Å². The predicted molar refractivity (Wildman–Crippen MR) is 71.1 cm³/mol. The molecular formula is C16H10N2. The number of rotatable bonds is 2.